The summed E-state index contributed by atoms with van der Waals surface area (Å²) in [7, 11) is 0. The summed E-state index contributed by atoms with van der Waals surface area (Å²) in [5.41, 5.74) is 0. The van der Waals surface area contributed by atoms with Crippen LogP contribution >= 0.6 is 0 Å². The van der Waals surface area contributed by atoms with Gasteiger partial charge in [0.1, 0.15) is 13.2 Å². The highest BCUT2D eigenvalue weighted by Gasteiger charge is 2.19. The molecule has 0 rings (SSSR count). The molecular formula is C69H134O6. The molecule has 0 aliphatic rings. The summed E-state index contributed by atoms with van der Waals surface area (Å²) in [5, 5.41) is 0. The molecule has 0 aliphatic heterocycles. The molecule has 0 aliphatic carbocycles. The van der Waals surface area contributed by atoms with Crippen LogP contribution in [0.4, 0.5) is 0 Å². The number of hydrogen-bond donors (Lipinski definition) is 0. The Morgan fingerprint density at radius 1 is 0.213 bits per heavy atom. The highest BCUT2D eigenvalue weighted by atomic mass is 16.6. The third-order valence-corrected chi connectivity index (χ3v) is 16.1. The molecule has 6 heteroatoms. The lowest BCUT2D eigenvalue weighted by atomic mass is 10.0. The van der Waals surface area contributed by atoms with Crippen LogP contribution in [0.25, 0.3) is 0 Å². The molecule has 0 aromatic carbocycles. The van der Waals surface area contributed by atoms with E-state index >= 15 is 0 Å². The molecule has 1 atom stereocenters. The quantitative estimate of drug-likeness (QED) is 0.0343. The van der Waals surface area contributed by atoms with Crippen LogP contribution in [0.1, 0.15) is 406 Å². The number of rotatable bonds is 65. The van der Waals surface area contributed by atoms with Crippen LogP contribution < -0.4 is 0 Å². The van der Waals surface area contributed by atoms with Gasteiger partial charge in [0, 0.05) is 19.3 Å². The minimum Gasteiger partial charge on any atom is -0.462 e. The molecule has 75 heavy (non-hydrogen) atoms. The first-order chi connectivity index (χ1) is 37.0. The molecule has 0 heterocycles. The van der Waals surface area contributed by atoms with Crippen molar-refractivity contribution in [2.75, 3.05) is 13.2 Å². The van der Waals surface area contributed by atoms with Gasteiger partial charge in [-0.3, -0.25) is 14.4 Å². The van der Waals surface area contributed by atoms with Crippen LogP contribution in [-0.2, 0) is 28.6 Å². The topological polar surface area (TPSA) is 78.9 Å². The summed E-state index contributed by atoms with van der Waals surface area (Å²) < 4.78 is 17.0. The summed E-state index contributed by atoms with van der Waals surface area (Å²) in [4.78, 5) is 38.4. The van der Waals surface area contributed by atoms with E-state index in [4.69, 9.17) is 14.2 Å². The minimum absolute atomic E-state index is 0.0601. The highest BCUT2D eigenvalue weighted by Crippen LogP contribution is 2.19. The Morgan fingerprint density at radius 3 is 0.533 bits per heavy atom. The number of hydrogen-bond acceptors (Lipinski definition) is 6. The van der Waals surface area contributed by atoms with Gasteiger partial charge in [-0.1, -0.05) is 367 Å². The van der Waals surface area contributed by atoms with Crippen molar-refractivity contribution < 1.29 is 28.6 Å². The molecule has 0 amide bonds. The number of carbonyl (C=O) groups excluding carboxylic acids is 3. The zero-order valence-electron chi connectivity index (χ0n) is 51.4. The molecule has 1 unspecified atom stereocenters. The average Bonchev–Trinajstić information content (AvgIpc) is 3.41. The Kier molecular flexibility index (Phi) is 63.6. The number of unbranched alkanes of at least 4 members (excludes halogenated alkanes) is 54. The zero-order valence-corrected chi connectivity index (χ0v) is 51.4. The first-order valence-corrected chi connectivity index (χ1v) is 34.5. The Balaban J connectivity index is 4.26. The van der Waals surface area contributed by atoms with Crippen molar-refractivity contribution in [3.63, 3.8) is 0 Å². The highest BCUT2D eigenvalue weighted by molar-refractivity contribution is 5.71. The molecule has 446 valence electrons. The molecule has 0 aromatic rings. The Bertz CT molecular complexity index is 1120. The number of ether oxygens (including phenoxy) is 3. The van der Waals surface area contributed by atoms with Crippen molar-refractivity contribution in [1.29, 1.82) is 0 Å². The molecule has 0 spiro atoms. The van der Waals surface area contributed by atoms with Crippen molar-refractivity contribution in [2.24, 2.45) is 0 Å². The molecule has 0 fully saturated rings. The van der Waals surface area contributed by atoms with E-state index in [1.165, 1.54) is 308 Å². The summed E-state index contributed by atoms with van der Waals surface area (Å²) in [6.45, 7) is 6.75. The second-order valence-electron chi connectivity index (χ2n) is 23.8. The second kappa shape index (κ2) is 64.9. The van der Waals surface area contributed by atoms with Crippen LogP contribution in [-0.4, -0.2) is 37.2 Å². The Labute approximate surface area is 469 Å². The largest absolute Gasteiger partial charge is 0.462 e. The molecule has 0 bridgehead atoms. The maximum absolute atomic E-state index is 12.9. The van der Waals surface area contributed by atoms with Crippen LogP contribution in [0.15, 0.2) is 0 Å². The van der Waals surface area contributed by atoms with Gasteiger partial charge in [0.15, 0.2) is 6.10 Å². The smallest absolute Gasteiger partial charge is 0.306 e. The Hall–Kier alpha value is -1.59. The van der Waals surface area contributed by atoms with Gasteiger partial charge in [0.05, 0.1) is 0 Å². The molecular weight excluding hydrogens is 925 g/mol. The van der Waals surface area contributed by atoms with Gasteiger partial charge >= 0.3 is 17.9 Å². The minimum atomic E-state index is -0.763. The first-order valence-electron chi connectivity index (χ1n) is 34.5. The molecule has 0 saturated heterocycles. The van der Waals surface area contributed by atoms with Gasteiger partial charge in [-0.25, -0.2) is 0 Å². The normalized spacial score (nSPS) is 11.9. The maximum atomic E-state index is 12.9. The lowest BCUT2D eigenvalue weighted by molar-refractivity contribution is -0.167. The monoisotopic (exact) mass is 1060 g/mol. The fraction of sp³-hybridized carbons (Fsp3) is 0.957. The van der Waals surface area contributed by atoms with Gasteiger partial charge in [0.2, 0.25) is 0 Å². The van der Waals surface area contributed by atoms with Gasteiger partial charge in [-0.2, -0.15) is 0 Å². The SMILES string of the molecule is CCCCCCCCCCCCCCCCCCCCCCCC(=O)OCC(COC(=O)CCCCCCCCCCCCCCCCCCCC)OC(=O)CCCCCCCCCCCCCCCCCCCC. The number of esters is 3. The van der Waals surface area contributed by atoms with Crippen molar-refractivity contribution in [3.8, 4) is 0 Å². The van der Waals surface area contributed by atoms with Gasteiger partial charge in [-0.15, -0.1) is 0 Å². The standard InChI is InChI=1S/C69H134O6/c1-4-7-10-13-16-19-22-25-28-31-34-35-36-39-41-44-47-50-53-56-59-62-68(71)74-65-66(75-69(72)63-60-57-54-51-48-45-42-38-33-30-27-24-21-18-15-12-9-6-3)64-73-67(70)61-58-55-52-49-46-43-40-37-32-29-26-23-20-17-14-11-8-5-2/h66H,4-65H2,1-3H3. The van der Waals surface area contributed by atoms with Gasteiger partial charge in [-0.05, 0) is 19.3 Å². The molecule has 0 radical (unpaired) electrons. The van der Waals surface area contributed by atoms with E-state index in [2.05, 4.69) is 20.8 Å². The second-order valence-corrected chi connectivity index (χ2v) is 23.8. The third kappa shape index (κ3) is 63.1. The average molecular weight is 1060 g/mol. The molecule has 0 saturated carbocycles. The fourth-order valence-electron chi connectivity index (χ4n) is 10.9. The van der Waals surface area contributed by atoms with E-state index in [1.807, 2.05) is 0 Å². The Morgan fingerprint density at radius 2 is 0.360 bits per heavy atom. The third-order valence-electron chi connectivity index (χ3n) is 16.1. The van der Waals surface area contributed by atoms with Gasteiger partial charge < -0.3 is 14.2 Å². The molecule has 6 nitrogen and oxygen atoms in total. The zero-order chi connectivity index (χ0) is 54.3. The maximum Gasteiger partial charge on any atom is 0.306 e. The summed E-state index contributed by atoms with van der Waals surface area (Å²) >= 11 is 0. The van der Waals surface area contributed by atoms with Gasteiger partial charge in [0.25, 0.3) is 0 Å². The van der Waals surface area contributed by atoms with Crippen LogP contribution in [0.2, 0.25) is 0 Å². The molecule has 0 N–H and O–H groups in total. The van der Waals surface area contributed by atoms with E-state index in [9.17, 15) is 14.4 Å². The van der Waals surface area contributed by atoms with Crippen molar-refractivity contribution in [1.82, 2.24) is 0 Å². The number of carbonyl (C=O) groups is 3. The first kappa shape index (κ1) is 73.4. The summed E-state index contributed by atoms with van der Waals surface area (Å²) in [6, 6.07) is 0. The van der Waals surface area contributed by atoms with Crippen LogP contribution in [0.3, 0.4) is 0 Å². The van der Waals surface area contributed by atoms with Crippen molar-refractivity contribution in [2.45, 2.75) is 412 Å². The van der Waals surface area contributed by atoms with Crippen LogP contribution in [0, 0.1) is 0 Å². The predicted octanol–water partition coefficient (Wildman–Crippen LogP) is 23.5. The van der Waals surface area contributed by atoms with E-state index in [-0.39, 0.29) is 31.1 Å². The van der Waals surface area contributed by atoms with E-state index in [0.29, 0.717) is 19.3 Å². The van der Waals surface area contributed by atoms with E-state index < -0.39 is 6.10 Å². The molecule has 0 aromatic heterocycles. The van der Waals surface area contributed by atoms with Crippen LogP contribution in [0.5, 0.6) is 0 Å². The van der Waals surface area contributed by atoms with E-state index in [0.717, 1.165) is 57.8 Å². The summed E-state index contributed by atoms with van der Waals surface area (Å²) in [6.07, 6.45) is 75.5. The van der Waals surface area contributed by atoms with Crippen molar-refractivity contribution in [3.05, 3.63) is 0 Å². The van der Waals surface area contributed by atoms with E-state index in [1.54, 1.807) is 0 Å². The summed E-state index contributed by atoms with van der Waals surface area (Å²) in [5.74, 6) is -0.819. The fourth-order valence-corrected chi connectivity index (χ4v) is 10.9. The lowest BCUT2D eigenvalue weighted by Crippen LogP contribution is -2.30. The van der Waals surface area contributed by atoms with Crippen molar-refractivity contribution >= 4 is 17.9 Å². The predicted molar refractivity (Wildman–Crippen MR) is 326 cm³/mol. The lowest BCUT2D eigenvalue weighted by Gasteiger charge is -2.18.